The molecule has 8 nitrogen and oxygen atoms in total. The van der Waals surface area contributed by atoms with Gasteiger partial charge in [-0.15, -0.1) is 0 Å². The molecule has 1 unspecified atom stereocenters. The number of rotatable bonds is 12. The van der Waals surface area contributed by atoms with Gasteiger partial charge in [-0.05, 0) is 17.9 Å². The Bertz CT molecular complexity index is 732. The zero-order valence-electron chi connectivity index (χ0n) is 16.2. The highest BCUT2D eigenvalue weighted by Gasteiger charge is 2.16. The average molecular weight is 392 g/mol. The van der Waals surface area contributed by atoms with Gasteiger partial charge in [0.2, 0.25) is 0 Å². The maximum atomic E-state index is 12.1. The van der Waals surface area contributed by atoms with E-state index in [0.29, 0.717) is 13.0 Å². The van der Waals surface area contributed by atoms with Gasteiger partial charge in [0.15, 0.2) is 0 Å². The Hall–Kier alpha value is -2.23. The minimum atomic E-state index is -0.457. The lowest BCUT2D eigenvalue weighted by atomic mass is 10.1. The van der Waals surface area contributed by atoms with Gasteiger partial charge in [-0.2, -0.15) is 0 Å². The highest BCUT2D eigenvalue weighted by molar-refractivity contribution is 5.88. The van der Waals surface area contributed by atoms with Crippen molar-refractivity contribution in [1.82, 2.24) is 10.7 Å². The van der Waals surface area contributed by atoms with E-state index in [-0.39, 0.29) is 31.1 Å². The second-order valence-electron chi connectivity index (χ2n) is 6.65. The monoisotopic (exact) mass is 392 g/mol. The summed E-state index contributed by atoms with van der Waals surface area (Å²) >= 11 is 0. The standard InChI is InChI=1S/C20H28N2O6/c1-15(2)21-13-17(28-20(23)11-6-12-27-22(24)25)14-26-19-10-5-8-16-7-3-4-9-18(16)19/h3-5,7-10,15,17,21,24-25H,6,11-14H2,1-2H3. The number of esters is 1. The van der Waals surface area contributed by atoms with Crippen LogP contribution in [0.15, 0.2) is 42.5 Å². The first-order chi connectivity index (χ1) is 13.5. The van der Waals surface area contributed by atoms with Crippen molar-refractivity contribution in [3.05, 3.63) is 42.5 Å². The summed E-state index contributed by atoms with van der Waals surface area (Å²) in [6, 6.07) is 14.0. The predicted molar refractivity (Wildman–Crippen MR) is 103 cm³/mol. The summed E-state index contributed by atoms with van der Waals surface area (Å²) < 4.78 is 11.5. The smallest absolute Gasteiger partial charge is 0.306 e. The van der Waals surface area contributed by atoms with E-state index in [1.54, 1.807) is 0 Å². The Kier molecular flexibility index (Phi) is 9.12. The van der Waals surface area contributed by atoms with Crippen LogP contribution in [0.5, 0.6) is 5.75 Å². The lowest BCUT2D eigenvalue weighted by molar-refractivity contribution is -0.492. The van der Waals surface area contributed by atoms with Crippen LogP contribution < -0.4 is 10.1 Å². The predicted octanol–water partition coefficient (Wildman–Crippen LogP) is 2.92. The third-order valence-corrected chi connectivity index (χ3v) is 3.96. The van der Waals surface area contributed by atoms with E-state index in [0.717, 1.165) is 16.5 Å². The number of nitrogens with zero attached hydrogens (tertiary/aromatic N) is 1. The first-order valence-corrected chi connectivity index (χ1v) is 9.30. The summed E-state index contributed by atoms with van der Waals surface area (Å²) in [4.78, 5) is 16.5. The molecule has 0 saturated heterocycles. The van der Waals surface area contributed by atoms with Gasteiger partial charge >= 0.3 is 5.97 Å². The SMILES string of the molecule is CC(C)NCC(COc1cccc2ccccc12)OC(=O)CCCON(O)O. The van der Waals surface area contributed by atoms with Gasteiger partial charge in [-0.1, -0.05) is 50.2 Å². The summed E-state index contributed by atoms with van der Waals surface area (Å²) in [6.45, 7) is 4.70. The number of benzene rings is 2. The van der Waals surface area contributed by atoms with Crippen LogP contribution in [0.3, 0.4) is 0 Å². The van der Waals surface area contributed by atoms with Crippen molar-refractivity contribution >= 4 is 16.7 Å². The number of hydrogen-bond acceptors (Lipinski definition) is 8. The molecule has 154 valence electrons. The van der Waals surface area contributed by atoms with Crippen LogP contribution in [0.2, 0.25) is 0 Å². The van der Waals surface area contributed by atoms with Gasteiger partial charge < -0.3 is 14.8 Å². The molecule has 8 heteroatoms. The fourth-order valence-electron chi connectivity index (χ4n) is 2.61. The van der Waals surface area contributed by atoms with E-state index in [4.69, 9.17) is 19.9 Å². The summed E-state index contributed by atoms with van der Waals surface area (Å²) in [5.41, 5.74) is 0. The molecule has 3 N–H and O–H groups in total. The molecule has 0 amide bonds. The average Bonchev–Trinajstić information content (AvgIpc) is 2.67. The molecule has 0 bridgehead atoms. The highest BCUT2D eigenvalue weighted by atomic mass is 17.1. The van der Waals surface area contributed by atoms with Crippen molar-refractivity contribution in [2.75, 3.05) is 19.8 Å². The normalized spacial score (nSPS) is 12.5. The molecule has 2 aromatic rings. The highest BCUT2D eigenvalue weighted by Crippen LogP contribution is 2.25. The minimum absolute atomic E-state index is 0.0104. The largest absolute Gasteiger partial charge is 0.489 e. The zero-order valence-corrected chi connectivity index (χ0v) is 16.2. The second-order valence-corrected chi connectivity index (χ2v) is 6.65. The van der Waals surface area contributed by atoms with Crippen molar-refractivity contribution < 1.29 is 29.5 Å². The number of hydrogen-bond donors (Lipinski definition) is 3. The fraction of sp³-hybridized carbons (Fsp3) is 0.450. The van der Waals surface area contributed by atoms with Gasteiger partial charge in [0, 0.05) is 24.4 Å². The van der Waals surface area contributed by atoms with E-state index in [1.165, 1.54) is 0 Å². The number of fused-ring (bicyclic) bond motifs is 1. The molecule has 0 aliphatic heterocycles. The maximum Gasteiger partial charge on any atom is 0.306 e. The van der Waals surface area contributed by atoms with Gasteiger partial charge in [-0.25, -0.2) is 0 Å². The molecule has 0 aromatic heterocycles. The molecular weight excluding hydrogens is 364 g/mol. The quantitative estimate of drug-likeness (QED) is 0.288. The van der Waals surface area contributed by atoms with E-state index < -0.39 is 12.1 Å². The van der Waals surface area contributed by atoms with Crippen molar-refractivity contribution in [2.45, 2.75) is 38.8 Å². The zero-order chi connectivity index (χ0) is 20.4. The van der Waals surface area contributed by atoms with E-state index in [1.807, 2.05) is 56.3 Å². The molecule has 0 aliphatic carbocycles. The molecule has 2 aromatic carbocycles. The van der Waals surface area contributed by atoms with Crippen molar-refractivity contribution in [3.63, 3.8) is 0 Å². The van der Waals surface area contributed by atoms with Gasteiger partial charge in [-0.3, -0.25) is 20.0 Å². The molecular formula is C20H28N2O6. The van der Waals surface area contributed by atoms with Crippen LogP contribution >= 0.6 is 0 Å². The third kappa shape index (κ3) is 7.79. The Morgan fingerprint density at radius 3 is 2.64 bits per heavy atom. The van der Waals surface area contributed by atoms with E-state index >= 15 is 0 Å². The van der Waals surface area contributed by atoms with E-state index in [9.17, 15) is 4.79 Å². The number of ether oxygens (including phenoxy) is 2. The van der Waals surface area contributed by atoms with Gasteiger partial charge in [0.05, 0.1) is 12.0 Å². The molecule has 2 rings (SSSR count). The van der Waals surface area contributed by atoms with Crippen LogP contribution in [-0.4, -0.2) is 53.7 Å². The Morgan fingerprint density at radius 1 is 1.14 bits per heavy atom. The van der Waals surface area contributed by atoms with E-state index in [2.05, 4.69) is 10.2 Å². The number of nitrogens with one attached hydrogen (secondary N) is 1. The first kappa shape index (κ1) is 22.1. The molecule has 0 saturated carbocycles. The molecule has 1 atom stereocenters. The number of carbonyl (C=O) groups excluding carboxylic acids is 1. The maximum absolute atomic E-state index is 12.1. The van der Waals surface area contributed by atoms with Crippen molar-refractivity contribution in [2.24, 2.45) is 0 Å². The summed E-state index contributed by atoms with van der Waals surface area (Å²) in [6.07, 6.45) is -0.0624. The summed E-state index contributed by atoms with van der Waals surface area (Å²) in [7, 11) is 0. The summed E-state index contributed by atoms with van der Waals surface area (Å²) in [5, 5.41) is 21.9. The molecule has 0 aliphatic rings. The van der Waals surface area contributed by atoms with Crippen LogP contribution in [0, 0.1) is 0 Å². The first-order valence-electron chi connectivity index (χ1n) is 9.30. The van der Waals surface area contributed by atoms with Crippen LogP contribution in [0.1, 0.15) is 26.7 Å². The lowest BCUT2D eigenvalue weighted by Gasteiger charge is -2.21. The van der Waals surface area contributed by atoms with Crippen LogP contribution in [0.4, 0.5) is 0 Å². The summed E-state index contributed by atoms with van der Waals surface area (Å²) in [5.74, 6) is 0.339. The molecule has 0 fully saturated rings. The molecule has 28 heavy (non-hydrogen) atoms. The van der Waals surface area contributed by atoms with Gasteiger partial charge in [0.1, 0.15) is 18.5 Å². The topological polar surface area (TPSA) is 100 Å². The Morgan fingerprint density at radius 2 is 1.89 bits per heavy atom. The molecule has 0 spiro atoms. The lowest BCUT2D eigenvalue weighted by Crippen LogP contribution is -2.38. The van der Waals surface area contributed by atoms with Crippen molar-refractivity contribution in [1.29, 1.82) is 0 Å². The van der Waals surface area contributed by atoms with Gasteiger partial charge in [0.25, 0.3) is 0 Å². The molecule has 0 heterocycles. The number of carbonyl (C=O) groups is 1. The van der Waals surface area contributed by atoms with Crippen molar-refractivity contribution in [3.8, 4) is 5.75 Å². The second kappa shape index (κ2) is 11.6. The van der Waals surface area contributed by atoms with Crippen LogP contribution in [-0.2, 0) is 14.4 Å². The third-order valence-electron chi connectivity index (χ3n) is 3.96. The minimum Gasteiger partial charge on any atom is -0.489 e. The Labute approximate surface area is 164 Å². The molecule has 0 radical (unpaired) electrons. The Balaban J connectivity index is 1.91. The fourth-order valence-corrected chi connectivity index (χ4v) is 2.61. The van der Waals surface area contributed by atoms with Crippen LogP contribution in [0.25, 0.3) is 10.8 Å².